The Morgan fingerprint density at radius 2 is 1.65 bits per heavy atom. The smallest absolute Gasteiger partial charge is 0.307 e. The first-order valence-corrected chi connectivity index (χ1v) is 6.85. The lowest BCUT2D eigenvalue weighted by Gasteiger charge is -2.26. The van der Waals surface area contributed by atoms with Gasteiger partial charge in [0.25, 0.3) is 11.8 Å². The van der Waals surface area contributed by atoms with Gasteiger partial charge in [0.15, 0.2) is 11.5 Å². The topological polar surface area (TPSA) is 82.1 Å². The first kappa shape index (κ1) is 16.5. The van der Waals surface area contributed by atoms with Gasteiger partial charge in [0.1, 0.15) is 0 Å². The van der Waals surface area contributed by atoms with Gasteiger partial charge in [0, 0.05) is 12.2 Å². The normalized spacial score (nSPS) is 14.8. The molecule has 0 N–H and O–H groups in total. The van der Waals surface area contributed by atoms with Crippen LogP contribution in [0.4, 0.5) is 0 Å². The average molecular weight is 319 g/mol. The Balaban J connectivity index is 2.43. The summed E-state index contributed by atoms with van der Waals surface area (Å²) in [6.45, 7) is 0. The number of amides is 2. The molecule has 1 unspecified atom stereocenters. The largest absolute Gasteiger partial charge is 0.493 e. The molecule has 0 fully saturated rings. The van der Waals surface area contributed by atoms with E-state index in [0.29, 0.717) is 17.1 Å². The number of carbonyl (C=O) groups is 3. The zero-order valence-corrected chi connectivity index (χ0v) is 13.1. The number of carbonyl (C=O) groups excluding carboxylic acids is 3. The molecule has 0 saturated carbocycles. The number of ether oxygens (including phenoxy) is 3. The molecule has 122 valence electrons. The number of benzene rings is 1. The van der Waals surface area contributed by atoms with E-state index in [2.05, 4.69) is 4.74 Å². The van der Waals surface area contributed by atoms with Crippen LogP contribution in [-0.2, 0) is 19.1 Å². The van der Waals surface area contributed by atoms with Gasteiger partial charge in [0.2, 0.25) is 0 Å². The maximum absolute atomic E-state index is 12.0. The second kappa shape index (κ2) is 6.95. The highest BCUT2D eigenvalue weighted by Crippen LogP contribution is 2.34. The molecule has 0 radical (unpaired) electrons. The van der Waals surface area contributed by atoms with Crippen LogP contribution in [-0.4, -0.2) is 44.0 Å². The molecular weight excluding hydrogens is 302 g/mol. The minimum absolute atomic E-state index is 0.148. The highest BCUT2D eigenvalue weighted by atomic mass is 16.5. The maximum Gasteiger partial charge on any atom is 0.307 e. The molecule has 23 heavy (non-hydrogen) atoms. The van der Waals surface area contributed by atoms with Gasteiger partial charge in [-0.05, 0) is 17.7 Å². The van der Waals surface area contributed by atoms with Crippen molar-refractivity contribution >= 4 is 17.8 Å². The second-order valence-corrected chi connectivity index (χ2v) is 4.79. The van der Waals surface area contributed by atoms with Crippen molar-refractivity contribution in [2.75, 3.05) is 21.3 Å². The third kappa shape index (κ3) is 3.33. The Labute approximate surface area is 133 Å². The molecular formula is C16H17NO6. The van der Waals surface area contributed by atoms with Crippen LogP contribution in [0, 0.1) is 0 Å². The predicted molar refractivity (Wildman–Crippen MR) is 79.9 cm³/mol. The van der Waals surface area contributed by atoms with E-state index in [9.17, 15) is 14.4 Å². The van der Waals surface area contributed by atoms with E-state index in [1.165, 1.54) is 33.5 Å². The summed E-state index contributed by atoms with van der Waals surface area (Å²) in [5.74, 6) is -0.535. The Morgan fingerprint density at radius 1 is 1.04 bits per heavy atom. The quantitative estimate of drug-likeness (QED) is 0.579. The van der Waals surface area contributed by atoms with Crippen LogP contribution in [0.3, 0.4) is 0 Å². The van der Waals surface area contributed by atoms with Gasteiger partial charge in [-0.2, -0.15) is 0 Å². The first-order chi connectivity index (χ1) is 11.0. The van der Waals surface area contributed by atoms with Crippen LogP contribution in [0.25, 0.3) is 0 Å². The fourth-order valence-corrected chi connectivity index (χ4v) is 2.38. The lowest BCUT2D eigenvalue weighted by molar-refractivity contribution is -0.145. The Morgan fingerprint density at radius 3 is 2.17 bits per heavy atom. The fourth-order valence-electron chi connectivity index (χ4n) is 2.38. The van der Waals surface area contributed by atoms with E-state index in [0.717, 1.165) is 4.90 Å². The molecule has 0 spiro atoms. The molecule has 1 aromatic rings. The van der Waals surface area contributed by atoms with E-state index >= 15 is 0 Å². The van der Waals surface area contributed by atoms with Crippen molar-refractivity contribution in [3.05, 3.63) is 35.9 Å². The van der Waals surface area contributed by atoms with Gasteiger partial charge < -0.3 is 14.2 Å². The van der Waals surface area contributed by atoms with Crippen molar-refractivity contribution in [1.29, 1.82) is 0 Å². The maximum atomic E-state index is 12.0. The highest BCUT2D eigenvalue weighted by molar-refractivity contribution is 6.13. The molecule has 1 aliphatic rings. The Kier molecular flexibility index (Phi) is 5.00. The standard InChI is InChI=1S/C16H17NO6/c1-21-12-5-4-10(8-13(12)22-2)11(9-16(20)23-3)17-14(18)6-7-15(17)19/h4-8,11H,9H2,1-3H3. The average Bonchev–Trinajstić information content (AvgIpc) is 2.90. The molecule has 2 rings (SSSR count). The third-order valence-corrected chi connectivity index (χ3v) is 3.54. The lowest BCUT2D eigenvalue weighted by atomic mass is 10.0. The van der Waals surface area contributed by atoms with Crippen LogP contribution >= 0.6 is 0 Å². The molecule has 0 aromatic heterocycles. The van der Waals surface area contributed by atoms with Gasteiger partial charge in [-0.3, -0.25) is 19.3 Å². The molecule has 2 amide bonds. The number of hydrogen-bond acceptors (Lipinski definition) is 6. The Bertz CT molecular complexity index is 649. The van der Waals surface area contributed by atoms with Crippen LogP contribution < -0.4 is 9.47 Å². The van der Waals surface area contributed by atoms with Crippen molar-refractivity contribution < 1.29 is 28.6 Å². The zero-order chi connectivity index (χ0) is 17.0. The number of methoxy groups -OCH3 is 3. The molecule has 0 aliphatic carbocycles. The summed E-state index contributed by atoms with van der Waals surface area (Å²) in [6.07, 6.45) is 2.20. The summed E-state index contributed by atoms with van der Waals surface area (Å²) in [6, 6.07) is 4.17. The van der Waals surface area contributed by atoms with Crippen molar-refractivity contribution in [2.24, 2.45) is 0 Å². The van der Waals surface area contributed by atoms with E-state index in [4.69, 9.17) is 9.47 Å². The molecule has 0 bridgehead atoms. The highest BCUT2D eigenvalue weighted by Gasteiger charge is 2.34. The van der Waals surface area contributed by atoms with Gasteiger partial charge in [0.05, 0.1) is 33.8 Å². The van der Waals surface area contributed by atoms with Crippen LogP contribution in [0.1, 0.15) is 18.0 Å². The molecule has 7 nitrogen and oxygen atoms in total. The fraction of sp³-hybridized carbons (Fsp3) is 0.312. The second-order valence-electron chi connectivity index (χ2n) is 4.79. The number of imide groups is 1. The van der Waals surface area contributed by atoms with Gasteiger partial charge in [-0.1, -0.05) is 6.07 Å². The van der Waals surface area contributed by atoms with E-state index in [-0.39, 0.29) is 6.42 Å². The minimum atomic E-state index is -0.780. The summed E-state index contributed by atoms with van der Waals surface area (Å²) >= 11 is 0. The number of nitrogens with zero attached hydrogens (tertiary/aromatic N) is 1. The number of hydrogen-bond donors (Lipinski definition) is 0. The number of esters is 1. The summed E-state index contributed by atoms with van der Waals surface area (Å²) in [5.41, 5.74) is 0.568. The first-order valence-electron chi connectivity index (χ1n) is 6.85. The monoisotopic (exact) mass is 319 g/mol. The van der Waals surface area contributed by atoms with Crippen molar-refractivity contribution in [2.45, 2.75) is 12.5 Å². The van der Waals surface area contributed by atoms with E-state index < -0.39 is 23.8 Å². The summed E-state index contributed by atoms with van der Waals surface area (Å²) < 4.78 is 15.1. The van der Waals surface area contributed by atoms with E-state index in [1.807, 2.05) is 0 Å². The van der Waals surface area contributed by atoms with Crippen LogP contribution in [0.5, 0.6) is 11.5 Å². The molecule has 1 heterocycles. The summed E-state index contributed by atoms with van der Waals surface area (Å²) in [4.78, 5) is 36.6. The van der Waals surface area contributed by atoms with Crippen molar-refractivity contribution in [3.63, 3.8) is 0 Å². The molecule has 1 aromatic carbocycles. The zero-order valence-electron chi connectivity index (χ0n) is 13.1. The van der Waals surface area contributed by atoms with Crippen LogP contribution in [0.2, 0.25) is 0 Å². The SMILES string of the molecule is COC(=O)CC(c1ccc(OC)c(OC)c1)N1C(=O)C=CC1=O. The van der Waals surface area contributed by atoms with Gasteiger partial charge >= 0.3 is 5.97 Å². The lowest BCUT2D eigenvalue weighted by Crippen LogP contribution is -2.35. The van der Waals surface area contributed by atoms with Gasteiger partial charge in [-0.15, -0.1) is 0 Å². The van der Waals surface area contributed by atoms with Crippen molar-refractivity contribution in [1.82, 2.24) is 4.90 Å². The number of rotatable bonds is 6. The Hall–Kier alpha value is -2.83. The summed E-state index contributed by atoms with van der Waals surface area (Å²) in [7, 11) is 4.23. The molecule has 1 aliphatic heterocycles. The minimum Gasteiger partial charge on any atom is -0.493 e. The third-order valence-electron chi connectivity index (χ3n) is 3.54. The van der Waals surface area contributed by atoms with E-state index in [1.54, 1.807) is 18.2 Å². The summed E-state index contributed by atoms with van der Waals surface area (Å²) in [5, 5.41) is 0. The van der Waals surface area contributed by atoms with Crippen LogP contribution in [0.15, 0.2) is 30.4 Å². The predicted octanol–water partition coefficient (Wildman–Crippen LogP) is 1.23. The van der Waals surface area contributed by atoms with Gasteiger partial charge in [-0.25, -0.2) is 0 Å². The van der Waals surface area contributed by atoms with Crippen molar-refractivity contribution in [3.8, 4) is 11.5 Å². The molecule has 1 atom stereocenters. The molecule has 0 saturated heterocycles. The molecule has 7 heteroatoms.